The normalized spacial score (nSPS) is 16.5. The molecule has 0 bridgehead atoms. The fraction of sp³-hybridized carbons (Fsp3) is 0.0465. The first-order chi connectivity index (χ1) is 23.8. The van der Waals surface area contributed by atoms with E-state index in [0.29, 0.717) is 28.6 Å². The second-order valence-electron chi connectivity index (χ2n) is 12.4. The van der Waals surface area contributed by atoms with E-state index in [2.05, 4.69) is 144 Å². The fourth-order valence-corrected chi connectivity index (χ4v) is 8.70. The molecule has 0 radical (unpaired) electrons. The number of allylic oxidation sites excluding steroid dienone is 3. The van der Waals surface area contributed by atoms with Crippen LogP contribution in [0.3, 0.4) is 0 Å². The maximum absolute atomic E-state index is 5.34. The summed E-state index contributed by atoms with van der Waals surface area (Å²) in [4.78, 5) is 17.1. The topological polar surface area (TPSA) is 43.6 Å². The van der Waals surface area contributed by atoms with Crippen LogP contribution in [0.1, 0.15) is 11.5 Å². The summed E-state index contributed by atoms with van der Waals surface area (Å²) in [6.45, 7) is 0. The first-order valence-corrected chi connectivity index (χ1v) is 17.2. The Morgan fingerprint density at radius 2 is 1.17 bits per heavy atom. The zero-order chi connectivity index (χ0) is 31.6. The molecule has 1 aliphatic carbocycles. The van der Waals surface area contributed by atoms with Gasteiger partial charge >= 0.3 is 0 Å². The third kappa shape index (κ3) is 4.28. The lowest BCUT2D eigenvalue weighted by molar-refractivity contribution is 0.880. The van der Waals surface area contributed by atoms with E-state index in [1.54, 1.807) is 0 Å². The molecule has 0 saturated heterocycles. The number of rotatable bonds is 4. The van der Waals surface area contributed by atoms with Crippen LogP contribution in [0.15, 0.2) is 163 Å². The molecule has 48 heavy (non-hydrogen) atoms. The quantitative estimate of drug-likeness (QED) is 0.194. The van der Waals surface area contributed by atoms with Crippen LogP contribution in [0.4, 0.5) is 0 Å². The lowest BCUT2D eigenvalue weighted by Crippen LogP contribution is -2.07. The van der Waals surface area contributed by atoms with Crippen LogP contribution in [-0.4, -0.2) is 24.8 Å². The summed E-state index contributed by atoms with van der Waals surface area (Å²) in [5, 5.41) is 5.10. The summed E-state index contributed by atoms with van der Waals surface area (Å²) in [5.41, 5.74) is 7.60. The predicted octanol–water partition coefficient (Wildman–Crippen LogP) is 10.8. The van der Waals surface area contributed by atoms with Crippen molar-refractivity contribution in [3.8, 4) is 39.9 Å². The van der Waals surface area contributed by atoms with Crippen molar-refractivity contribution >= 4 is 44.3 Å². The highest BCUT2D eigenvalue weighted by Gasteiger charge is 2.31. The minimum absolute atomic E-state index is 0.352. The summed E-state index contributed by atoms with van der Waals surface area (Å²) in [5.74, 6) is 2.34. The van der Waals surface area contributed by atoms with Gasteiger partial charge in [-0.3, -0.25) is 0 Å². The van der Waals surface area contributed by atoms with Crippen molar-refractivity contribution in [2.24, 2.45) is 0 Å². The molecular formula is C43H28N4S. The smallest absolute Gasteiger partial charge is 0.166 e. The van der Waals surface area contributed by atoms with Crippen LogP contribution >= 0.6 is 11.8 Å². The van der Waals surface area contributed by atoms with E-state index in [4.69, 9.17) is 15.0 Å². The Morgan fingerprint density at radius 3 is 1.96 bits per heavy atom. The van der Waals surface area contributed by atoms with Crippen LogP contribution in [0, 0.1) is 0 Å². The Hall–Kier alpha value is -5.78. The molecule has 226 valence electrons. The maximum atomic E-state index is 5.34. The van der Waals surface area contributed by atoms with E-state index in [-0.39, 0.29) is 0 Å². The lowest BCUT2D eigenvalue weighted by atomic mass is 9.91. The number of aromatic nitrogens is 4. The second-order valence-corrected chi connectivity index (χ2v) is 13.6. The van der Waals surface area contributed by atoms with Gasteiger partial charge in [-0.1, -0.05) is 127 Å². The van der Waals surface area contributed by atoms with E-state index >= 15 is 0 Å². The standard InChI is InChI=1S/C43H28N4S/c1-2-13-28(14-3-1)41-44-42(29-23-25-39-34(26-29)33-18-8-11-21-38(33)48-39)46-43(45-41)40-30-15-5-4-12-27(30)22-24-37(40)47-35-19-9-6-16-31(35)32-17-7-10-20-36(32)47/h1-26,33,38H. The number of para-hydroxylation sites is 2. The fourth-order valence-electron chi connectivity index (χ4n) is 7.38. The van der Waals surface area contributed by atoms with E-state index < -0.39 is 0 Å². The maximum Gasteiger partial charge on any atom is 0.166 e. The largest absolute Gasteiger partial charge is 0.308 e. The molecule has 4 nitrogen and oxygen atoms in total. The molecule has 0 N–H and O–H groups in total. The third-order valence-electron chi connectivity index (χ3n) is 9.59. The zero-order valence-electron chi connectivity index (χ0n) is 25.9. The number of hydrogen-bond acceptors (Lipinski definition) is 4. The van der Waals surface area contributed by atoms with E-state index in [9.17, 15) is 0 Å². The van der Waals surface area contributed by atoms with Crippen molar-refractivity contribution in [3.63, 3.8) is 0 Å². The SMILES string of the molecule is C1=CC2Sc3ccc(-c4nc(-c5ccccc5)nc(-c5c(-n6c7ccccc7c7ccccc76)ccc6ccccc56)n4)cc3C2C=C1. The van der Waals surface area contributed by atoms with Crippen LogP contribution < -0.4 is 0 Å². The Morgan fingerprint density at radius 1 is 0.521 bits per heavy atom. The Balaban J connectivity index is 1.26. The molecule has 6 aromatic carbocycles. The molecule has 8 aromatic rings. The molecule has 0 amide bonds. The van der Waals surface area contributed by atoms with E-state index in [0.717, 1.165) is 44.2 Å². The van der Waals surface area contributed by atoms with Gasteiger partial charge in [0.25, 0.3) is 0 Å². The number of thioether (sulfide) groups is 1. The molecule has 2 aliphatic rings. The summed E-state index contributed by atoms with van der Waals surface area (Å²) in [6, 6.07) is 47.2. The minimum Gasteiger partial charge on any atom is -0.308 e. The van der Waals surface area contributed by atoms with Crippen molar-refractivity contribution in [1.29, 1.82) is 0 Å². The second kappa shape index (κ2) is 10.9. The highest BCUT2D eigenvalue weighted by Crippen LogP contribution is 2.49. The highest BCUT2D eigenvalue weighted by atomic mass is 32.2. The van der Waals surface area contributed by atoms with Crippen LogP contribution in [0.25, 0.3) is 72.4 Å². The molecule has 10 rings (SSSR count). The van der Waals surface area contributed by atoms with E-state index in [1.165, 1.54) is 21.2 Å². The summed E-state index contributed by atoms with van der Waals surface area (Å²) < 4.78 is 2.37. The van der Waals surface area contributed by atoms with Gasteiger partial charge in [-0.25, -0.2) is 15.0 Å². The van der Waals surface area contributed by atoms with Crippen molar-refractivity contribution in [2.75, 3.05) is 0 Å². The van der Waals surface area contributed by atoms with Gasteiger partial charge in [0.1, 0.15) is 0 Å². The Kier molecular flexibility index (Phi) is 6.21. The van der Waals surface area contributed by atoms with Crippen LogP contribution in [0.2, 0.25) is 0 Å². The first-order valence-electron chi connectivity index (χ1n) is 16.3. The molecular weight excluding hydrogens is 605 g/mol. The highest BCUT2D eigenvalue weighted by molar-refractivity contribution is 8.00. The molecule has 0 spiro atoms. The average molecular weight is 633 g/mol. The van der Waals surface area contributed by atoms with E-state index in [1.807, 2.05) is 30.0 Å². The average Bonchev–Trinajstić information content (AvgIpc) is 3.70. The molecule has 2 atom stereocenters. The third-order valence-corrected chi connectivity index (χ3v) is 10.9. The van der Waals surface area contributed by atoms with Gasteiger partial charge in [0.2, 0.25) is 0 Å². The van der Waals surface area contributed by atoms with Gasteiger partial charge in [0, 0.05) is 38.0 Å². The minimum atomic E-state index is 0.352. The van der Waals surface area contributed by atoms with Crippen molar-refractivity contribution in [1.82, 2.24) is 19.5 Å². The molecule has 0 saturated carbocycles. The number of fused-ring (bicyclic) bond motifs is 7. The summed E-state index contributed by atoms with van der Waals surface area (Å²) >= 11 is 1.93. The van der Waals surface area contributed by atoms with Gasteiger partial charge in [0.05, 0.1) is 22.3 Å². The van der Waals surface area contributed by atoms with Crippen molar-refractivity contribution < 1.29 is 0 Å². The van der Waals surface area contributed by atoms with Crippen molar-refractivity contribution in [2.45, 2.75) is 16.1 Å². The predicted molar refractivity (Wildman–Crippen MR) is 199 cm³/mol. The van der Waals surface area contributed by atoms with Gasteiger partial charge in [0.15, 0.2) is 17.5 Å². The molecule has 2 aromatic heterocycles. The zero-order valence-corrected chi connectivity index (χ0v) is 26.7. The van der Waals surface area contributed by atoms with Crippen molar-refractivity contribution in [3.05, 3.63) is 163 Å². The number of hydrogen-bond donors (Lipinski definition) is 0. The van der Waals surface area contributed by atoms with Gasteiger partial charge in [-0.15, -0.1) is 11.8 Å². The monoisotopic (exact) mass is 632 g/mol. The number of benzene rings is 6. The number of nitrogens with zero attached hydrogens (tertiary/aromatic N) is 4. The first kappa shape index (κ1) is 27.3. The van der Waals surface area contributed by atoms with Gasteiger partial charge < -0.3 is 4.57 Å². The summed E-state index contributed by atoms with van der Waals surface area (Å²) in [7, 11) is 0. The summed E-state index contributed by atoms with van der Waals surface area (Å²) in [6.07, 6.45) is 8.94. The molecule has 0 fully saturated rings. The Labute approximate surface area is 282 Å². The van der Waals surface area contributed by atoms with Crippen LogP contribution in [0.5, 0.6) is 0 Å². The van der Waals surface area contributed by atoms with Gasteiger partial charge in [-0.2, -0.15) is 0 Å². The van der Waals surface area contributed by atoms with Gasteiger partial charge in [-0.05, 0) is 46.7 Å². The molecule has 2 unspecified atom stereocenters. The molecule has 3 heterocycles. The lowest BCUT2D eigenvalue weighted by Gasteiger charge is -2.17. The molecule has 1 aliphatic heterocycles. The molecule has 5 heteroatoms. The van der Waals surface area contributed by atoms with Crippen LogP contribution in [-0.2, 0) is 0 Å². The Bertz CT molecular complexity index is 2560.